The number of urea groups is 1. The van der Waals surface area contributed by atoms with Gasteiger partial charge in [-0.1, -0.05) is 12.1 Å². The summed E-state index contributed by atoms with van der Waals surface area (Å²) in [6.07, 6.45) is 0. The Balaban J connectivity index is 2.63. The zero-order chi connectivity index (χ0) is 9.68. The van der Waals surface area contributed by atoms with E-state index < -0.39 is 6.03 Å². The second-order valence-electron chi connectivity index (χ2n) is 2.28. The molecule has 5 nitrogen and oxygen atoms in total. The van der Waals surface area contributed by atoms with Crippen LogP contribution < -0.4 is 10.8 Å². The first-order valence-electron chi connectivity index (χ1n) is 3.62. The molecule has 13 heavy (non-hydrogen) atoms. The van der Waals surface area contributed by atoms with Gasteiger partial charge in [0.15, 0.2) is 0 Å². The highest BCUT2D eigenvalue weighted by molar-refractivity contribution is 5.90. The van der Waals surface area contributed by atoms with Gasteiger partial charge >= 0.3 is 6.03 Å². The third-order valence-corrected chi connectivity index (χ3v) is 1.35. The van der Waals surface area contributed by atoms with E-state index in [0.29, 0.717) is 5.69 Å². The minimum atomic E-state index is -0.538. The largest absolute Gasteiger partial charge is 0.506 e. The van der Waals surface area contributed by atoms with Crippen molar-refractivity contribution in [1.29, 1.82) is 0 Å². The van der Waals surface area contributed by atoms with Gasteiger partial charge in [0, 0.05) is 0 Å². The Morgan fingerprint density at radius 1 is 1.46 bits per heavy atom. The Hall–Kier alpha value is -1.75. The number of carbonyl (C=O) groups is 1. The van der Waals surface area contributed by atoms with Crippen molar-refractivity contribution in [2.45, 2.75) is 0 Å². The van der Waals surface area contributed by atoms with E-state index in [1.54, 1.807) is 18.2 Å². The monoisotopic (exact) mass is 182 g/mol. The van der Waals surface area contributed by atoms with E-state index >= 15 is 0 Å². The molecular formula is C8H10N2O3. The maximum atomic E-state index is 10.9. The lowest BCUT2D eigenvalue weighted by Gasteiger charge is -2.06. The number of para-hydroxylation sites is 2. The molecular weight excluding hydrogens is 172 g/mol. The first-order chi connectivity index (χ1) is 6.24. The molecule has 0 atom stereocenters. The van der Waals surface area contributed by atoms with Crippen LogP contribution in [0.2, 0.25) is 0 Å². The number of amides is 2. The van der Waals surface area contributed by atoms with Crippen LogP contribution in [0.3, 0.4) is 0 Å². The molecule has 0 heterocycles. The lowest BCUT2D eigenvalue weighted by molar-refractivity contribution is 0.114. The van der Waals surface area contributed by atoms with Crippen LogP contribution in [0.5, 0.6) is 5.75 Å². The molecule has 3 N–H and O–H groups in total. The molecule has 0 saturated heterocycles. The Morgan fingerprint density at radius 2 is 2.15 bits per heavy atom. The topological polar surface area (TPSA) is 70.6 Å². The molecule has 0 spiro atoms. The minimum Gasteiger partial charge on any atom is -0.506 e. The molecule has 0 saturated carbocycles. The van der Waals surface area contributed by atoms with Gasteiger partial charge in [0.2, 0.25) is 0 Å². The van der Waals surface area contributed by atoms with Crippen molar-refractivity contribution in [3.8, 4) is 5.75 Å². The third kappa shape index (κ3) is 2.64. The summed E-state index contributed by atoms with van der Waals surface area (Å²) in [6, 6.07) is 5.87. The fourth-order valence-corrected chi connectivity index (χ4v) is 0.820. The SMILES string of the molecule is CONC(=O)Nc1ccccc1O. The highest BCUT2D eigenvalue weighted by atomic mass is 16.6. The lowest BCUT2D eigenvalue weighted by Crippen LogP contribution is -2.27. The summed E-state index contributed by atoms with van der Waals surface area (Å²) in [5, 5.41) is 11.6. The van der Waals surface area contributed by atoms with Crippen molar-refractivity contribution in [2.24, 2.45) is 0 Å². The summed E-state index contributed by atoms with van der Waals surface area (Å²) in [7, 11) is 1.32. The predicted molar refractivity (Wildman–Crippen MR) is 47.3 cm³/mol. The van der Waals surface area contributed by atoms with Crippen molar-refractivity contribution in [3.05, 3.63) is 24.3 Å². The molecule has 0 aliphatic heterocycles. The molecule has 5 heteroatoms. The standard InChI is InChI=1S/C8H10N2O3/c1-13-10-8(12)9-6-4-2-3-5-7(6)11/h2-5,11H,1H3,(H2,9,10,12). The number of phenols is 1. The number of nitrogens with one attached hydrogen (secondary N) is 2. The molecule has 1 aromatic rings. The van der Waals surface area contributed by atoms with Crippen LogP contribution in [0.15, 0.2) is 24.3 Å². The maximum absolute atomic E-state index is 10.9. The van der Waals surface area contributed by atoms with Gasteiger partial charge in [-0.2, -0.15) is 0 Å². The molecule has 0 aliphatic rings. The number of benzene rings is 1. The predicted octanol–water partition coefficient (Wildman–Crippen LogP) is 1.08. The molecule has 0 unspecified atom stereocenters. The van der Waals surface area contributed by atoms with E-state index in [1.807, 2.05) is 0 Å². The number of aromatic hydroxyl groups is 1. The molecule has 1 rings (SSSR count). The summed E-state index contributed by atoms with van der Waals surface area (Å²) < 4.78 is 0. The van der Waals surface area contributed by atoms with Gasteiger partial charge in [-0.3, -0.25) is 4.84 Å². The fraction of sp³-hybridized carbons (Fsp3) is 0.125. The smallest absolute Gasteiger partial charge is 0.343 e. The van der Waals surface area contributed by atoms with Gasteiger partial charge < -0.3 is 10.4 Å². The molecule has 0 bridgehead atoms. The summed E-state index contributed by atoms with van der Waals surface area (Å²) in [4.78, 5) is 15.3. The average Bonchev–Trinajstić information content (AvgIpc) is 2.09. The minimum absolute atomic E-state index is 0.00810. The van der Waals surface area contributed by atoms with Gasteiger partial charge in [0.1, 0.15) is 5.75 Å². The quantitative estimate of drug-likeness (QED) is 0.473. The Labute approximate surface area is 75.3 Å². The fourth-order valence-electron chi connectivity index (χ4n) is 0.820. The Kier molecular flexibility index (Phi) is 3.10. The normalized spacial score (nSPS) is 9.31. The van der Waals surface area contributed by atoms with Crippen LogP contribution in [0.4, 0.5) is 10.5 Å². The molecule has 0 aliphatic carbocycles. The second-order valence-corrected chi connectivity index (χ2v) is 2.28. The molecule has 1 aromatic carbocycles. The molecule has 2 amide bonds. The highest BCUT2D eigenvalue weighted by Gasteiger charge is 2.03. The average molecular weight is 182 g/mol. The van der Waals surface area contributed by atoms with Crippen molar-refractivity contribution in [1.82, 2.24) is 5.48 Å². The van der Waals surface area contributed by atoms with Gasteiger partial charge in [0.25, 0.3) is 0 Å². The molecule has 0 fully saturated rings. The number of anilines is 1. The van der Waals surface area contributed by atoms with E-state index in [4.69, 9.17) is 0 Å². The number of hydrogen-bond donors (Lipinski definition) is 3. The van der Waals surface area contributed by atoms with E-state index in [1.165, 1.54) is 13.2 Å². The second kappa shape index (κ2) is 4.32. The summed E-state index contributed by atoms with van der Waals surface area (Å²) in [5.74, 6) is 0.00810. The van der Waals surface area contributed by atoms with Crippen LogP contribution in [0.1, 0.15) is 0 Å². The van der Waals surface area contributed by atoms with Crippen LogP contribution in [0, 0.1) is 0 Å². The van der Waals surface area contributed by atoms with Gasteiger partial charge in [-0.05, 0) is 12.1 Å². The van der Waals surface area contributed by atoms with Crippen LogP contribution in [0.25, 0.3) is 0 Å². The number of hydrogen-bond acceptors (Lipinski definition) is 3. The summed E-state index contributed by atoms with van der Waals surface area (Å²) in [5.41, 5.74) is 2.39. The summed E-state index contributed by atoms with van der Waals surface area (Å²) >= 11 is 0. The Morgan fingerprint density at radius 3 is 2.77 bits per heavy atom. The number of rotatable bonds is 2. The van der Waals surface area contributed by atoms with Crippen molar-refractivity contribution >= 4 is 11.7 Å². The van der Waals surface area contributed by atoms with E-state index in [2.05, 4.69) is 15.6 Å². The number of hydroxylamine groups is 1. The number of phenolic OH excluding ortho intramolecular Hbond substituents is 1. The highest BCUT2D eigenvalue weighted by Crippen LogP contribution is 2.20. The van der Waals surface area contributed by atoms with Gasteiger partial charge in [-0.15, -0.1) is 0 Å². The molecule has 0 aromatic heterocycles. The Bertz CT molecular complexity index is 301. The summed E-state index contributed by atoms with van der Waals surface area (Å²) in [6.45, 7) is 0. The van der Waals surface area contributed by atoms with E-state index in [0.717, 1.165) is 0 Å². The van der Waals surface area contributed by atoms with Crippen molar-refractivity contribution in [2.75, 3.05) is 12.4 Å². The molecule has 70 valence electrons. The van der Waals surface area contributed by atoms with Crippen LogP contribution in [-0.4, -0.2) is 18.2 Å². The van der Waals surface area contributed by atoms with Crippen LogP contribution in [-0.2, 0) is 4.84 Å². The maximum Gasteiger partial charge on any atom is 0.343 e. The lowest BCUT2D eigenvalue weighted by atomic mass is 10.3. The number of carbonyl (C=O) groups excluding carboxylic acids is 1. The first kappa shape index (κ1) is 9.34. The van der Waals surface area contributed by atoms with Crippen LogP contribution >= 0.6 is 0 Å². The van der Waals surface area contributed by atoms with Gasteiger partial charge in [-0.25, -0.2) is 10.3 Å². The third-order valence-electron chi connectivity index (χ3n) is 1.35. The first-order valence-corrected chi connectivity index (χ1v) is 3.62. The van der Waals surface area contributed by atoms with E-state index in [-0.39, 0.29) is 5.75 Å². The van der Waals surface area contributed by atoms with Gasteiger partial charge in [0.05, 0.1) is 12.8 Å². The van der Waals surface area contributed by atoms with Crippen molar-refractivity contribution < 1.29 is 14.7 Å². The zero-order valence-corrected chi connectivity index (χ0v) is 7.07. The van der Waals surface area contributed by atoms with Crippen molar-refractivity contribution in [3.63, 3.8) is 0 Å². The zero-order valence-electron chi connectivity index (χ0n) is 7.07. The van der Waals surface area contributed by atoms with E-state index in [9.17, 15) is 9.90 Å². The molecule has 0 radical (unpaired) electrons.